The van der Waals surface area contributed by atoms with Crippen molar-refractivity contribution in [3.63, 3.8) is 0 Å². The molecule has 0 saturated heterocycles. The normalized spacial score (nSPS) is 24.1. The van der Waals surface area contributed by atoms with Gasteiger partial charge in [0.1, 0.15) is 4.33 Å². The van der Waals surface area contributed by atoms with Gasteiger partial charge in [0.2, 0.25) is 5.91 Å². The Kier molecular flexibility index (Phi) is 3.27. The molecular weight excluding hydrogens is 271 g/mol. The fraction of sp³-hybridized carbons (Fsp3) is 0.385. The molecule has 1 aromatic rings. The van der Waals surface area contributed by atoms with Gasteiger partial charge in [-0.3, -0.25) is 4.79 Å². The van der Waals surface area contributed by atoms with E-state index in [1.165, 1.54) is 0 Å². The Morgan fingerprint density at radius 1 is 1.44 bits per heavy atom. The molecule has 0 heterocycles. The largest absolute Gasteiger partial charge is 0.351 e. The summed E-state index contributed by atoms with van der Waals surface area (Å²) >= 11 is 11.9. The molecule has 3 nitrogen and oxygen atoms in total. The summed E-state index contributed by atoms with van der Waals surface area (Å²) in [4.78, 5) is 11.9. The lowest BCUT2D eigenvalue weighted by Gasteiger charge is -2.12. The molecule has 0 spiro atoms. The van der Waals surface area contributed by atoms with Crippen molar-refractivity contribution in [3.05, 3.63) is 35.4 Å². The van der Waals surface area contributed by atoms with E-state index >= 15 is 0 Å². The Morgan fingerprint density at radius 3 is 2.44 bits per heavy atom. The van der Waals surface area contributed by atoms with Gasteiger partial charge in [0.25, 0.3) is 0 Å². The number of alkyl halides is 2. The van der Waals surface area contributed by atoms with Crippen molar-refractivity contribution in [2.24, 2.45) is 5.41 Å². The number of rotatable bonds is 3. The summed E-state index contributed by atoms with van der Waals surface area (Å²) < 4.78 is -0.943. The van der Waals surface area contributed by atoms with E-state index in [4.69, 9.17) is 28.5 Å². The van der Waals surface area contributed by atoms with Crippen molar-refractivity contribution in [2.45, 2.75) is 24.2 Å². The Balaban J connectivity index is 1.93. The number of halogens is 2. The average Bonchev–Trinajstić information content (AvgIpc) is 2.87. The van der Waals surface area contributed by atoms with E-state index in [1.807, 2.05) is 18.2 Å². The second-order valence-corrected chi connectivity index (χ2v) is 6.19. The Labute approximate surface area is 116 Å². The van der Waals surface area contributed by atoms with Gasteiger partial charge < -0.3 is 5.32 Å². The fourth-order valence-corrected chi connectivity index (χ4v) is 2.43. The van der Waals surface area contributed by atoms with Crippen molar-refractivity contribution < 1.29 is 4.79 Å². The molecule has 2 rings (SSSR count). The molecule has 1 aliphatic carbocycles. The van der Waals surface area contributed by atoms with E-state index < -0.39 is 9.75 Å². The lowest BCUT2D eigenvalue weighted by atomic mass is 10.1. The number of nitriles is 1. The predicted octanol–water partition coefficient (Wildman–Crippen LogP) is 2.76. The van der Waals surface area contributed by atoms with Crippen molar-refractivity contribution >= 4 is 29.1 Å². The number of carbonyl (C=O) groups is 1. The highest BCUT2D eigenvalue weighted by molar-refractivity contribution is 6.53. The molecule has 0 aliphatic heterocycles. The number of benzene rings is 1. The van der Waals surface area contributed by atoms with E-state index in [2.05, 4.69) is 5.32 Å². The van der Waals surface area contributed by atoms with Crippen LogP contribution in [0.5, 0.6) is 0 Å². The average molecular weight is 283 g/mol. The monoisotopic (exact) mass is 282 g/mol. The molecule has 0 bridgehead atoms. The van der Waals surface area contributed by atoms with Crippen molar-refractivity contribution in [1.82, 2.24) is 5.32 Å². The molecule has 1 saturated carbocycles. The molecule has 1 aliphatic rings. The van der Waals surface area contributed by atoms with Gasteiger partial charge in [-0.1, -0.05) is 12.1 Å². The third-order valence-corrected chi connectivity index (χ3v) is 4.40. The first-order valence-electron chi connectivity index (χ1n) is 5.54. The van der Waals surface area contributed by atoms with Crippen LogP contribution >= 0.6 is 23.2 Å². The van der Waals surface area contributed by atoms with Crippen LogP contribution < -0.4 is 5.32 Å². The van der Waals surface area contributed by atoms with Crippen molar-refractivity contribution in [2.75, 3.05) is 0 Å². The Bertz CT molecular complexity index is 519. The van der Waals surface area contributed by atoms with Gasteiger partial charge in [-0.25, -0.2) is 0 Å². The van der Waals surface area contributed by atoms with Gasteiger partial charge in [0.05, 0.1) is 17.0 Å². The number of nitrogens with zero attached hydrogens (tertiary/aromatic N) is 1. The summed E-state index contributed by atoms with van der Waals surface area (Å²) in [5, 5.41) is 11.5. The van der Waals surface area contributed by atoms with E-state index in [0.717, 1.165) is 5.56 Å². The summed E-state index contributed by atoms with van der Waals surface area (Å²) in [6, 6.07) is 9.09. The van der Waals surface area contributed by atoms with E-state index in [-0.39, 0.29) is 5.91 Å². The van der Waals surface area contributed by atoms with E-state index in [0.29, 0.717) is 18.5 Å². The highest BCUT2D eigenvalue weighted by Crippen LogP contribution is 2.63. The minimum absolute atomic E-state index is 0.142. The predicted molar refractivity (Wildman–Crippen MR) is 70.2 cm³/mol. The molecule has 1 aromatic carbocycles. The Hall–Kier alpha value is -1.24. The maximum Gasteiger partial charge on any atom is 0.229 e. The summed E-state index contributed by atoms with van der Waals surface area (Å²) in [6.07, 6.45) is 0.475. The topological polar surface area (TPSA) is 52.9 Å². The Morgan fingerprint density at radius 2 is 2.00 bits per heavy atom. The van der Waals surface area contributed by atoms with Gasteiger partial charge in [-0.05, 0) is 31.0 Å². The number of hydrogen-bond donors (Lipinski definition) is 1. The number of hydrogen-bond acceptors (Lipinski definition) is 2. The molecule has 1 amide bonds. The van der Waals surface area contributed by atoms with Gasteiger partial charge in [0, 0.05) is 6.54 Å². The molecule has 94 valence electrons. The van der Waals surface area contributed by atoms with Crippen LogP contribution in [0.4, 0.5) is 0 Å². The van der Waals surface area contributed by atoms with Gasteiger partial charge in [0.15, 0.2) is 0 Å². The van der Waals surface area contributed by atoms with Crippen LogP contribution in [-0.2, 0) is 11.3 Å². The minimum Gasteiger partial charge on any atom is -0.351 e. The van der Waals surface area contributed by atoms with Crippen LogP contribution in [0.3, 0.4) is 0 Å². The number of nitrogens with one attached hydrogen (secondary N) is 1. The standard InChI is InChI=1S/C13H12Cl2N2O/c1-12(8-13(12,14)15)11(18)17-7-10-4-2-9(6-16)3-5-10/h2-5H,7-8H2,1H3,(H,17,18). The minimum atomic E-state index is -0.943. The van der Waals surface area contributed by atoms with Crippen LogP contribution in [0.1, 0.15) is 24.5 Å². The van der Waals surface area contributed by atoms with Crippen LogP contribution in [0.2, 0.25) is 0 Å². The molecular formula is C13H12Cl2N2O. The summed E-state index contributed by atoms with van der Waals surface area (Å²) in [5.74, 6) is -0.142. The highest BCUT2D eigenvalue weighted by Gasteiger charge is 2.67. The molecule has 0 aromatic heterocycles. The van der Waals surface area contributed by atoms with Crippen molar-refractivity contribution in [3.8, 4) is 6.07 Å². The molecule has 1 unspecified atom stereocenters. The zero-order chi connectivity index (χ0) is 13.4. The summed E-state index contributed by atoms with van der Waals surface area (Å²) in [6.45, 7) is 2.16. The first kappa shape index (κ1) is 13.2. The first-order valence-corrected chi connectivity index (χ1v) is 6.30. The van der Waals surface area contributed by atoms with Crippen LogP contribution in [0, 0.1) is 16.7 Å². The maximum atomic E-state index is 11.9. The molecule has 18 heavy (non-hydrogen) atoms. The molecule has 0 radical (unpaired) electrons. The van der Waals surface area contributed by atoms with Crippen molar-refractivity contribution in [1.29, 1.82) is 5.26 Å². The number of amides is 1. The molecule has 5 heteroatoms. The fourth-order valence-electron chi connectivity index (χ4n) is 1.72. The van der Waals surface area contributed by atoms with Gasteiger partial charge in [-0.15, -0.1) is 23.2 Å². The molecule has 1 fully saturated rings. The third-order valence-electron chi connectivity index (χ3n) is 3.30. The zero-order valence-corrected chi connectivity index (χ0v) is 11.3. The maximum absolute atomic E-state index is 11.9. The van der Waals surface area contributed by atoms with Crippen LogP contribution in [0.25, 0.3) is 0 Å². The van der Waals surface area contributed by atoms with Gasteiger partial charge in [-0.2, -0.15) is 5.26 Å². The second kappa shape index (κ2) is 4.46. The second-order valence-electron chi connectivity index (χ2n) is 4.70. The highest BCUT2D eigenvalue weighted by atomic mass is 35.5. The lowest BCUT2D eigenvalue weighted by Crippen LogP contribution is -2.32. The summed E-state index contributed by atoms with van der Waals surface area (Å²) in [5.41, 5.74) is 0.837. The molecule has 1 atom stereocenters. The van der Waals surface area contributed by atoms with E-state index in [1.54, 1.807) is 19.1 Å². The van der Waals surface area contributed by atoms with Crippen LogP contribution in [-0.4, -0.2) is 10.2 Å². The third kappa shape index (κ3) is 2.31. The lowest BCUT2D eigenvalue weighted by molar-refractivity contribution is -0.125. The smallest absolute Gasteiger partial charge is 0.229 e. The SMILES string of the molecule is CC1(C(=O)NCc2ccc(C#N)cc2)CC1(Cl)Cl. The number of carbonyl (C=O) groups excluding carboxylic acids is 1. The van der Waals surface area contributed by atoms with Crippen LogP contribution in [0.15, 0.2) is 24.3 Å². The summed E-state index contributed by atoms with van der Waals surface area (Å²) in [7, 11) is 0. The van der Waals surface area contributed by atoms with Gasteiger partial charge >= 0.3 is 0 Å². The first-order chi connectivity index (χ1) is 8.39. The zero-order valence-electron chi connectivity index (χ0n) is 9.84. The quantitative estimate of drug-likeness (QED) is 0.867. The van der Waals surface area contributed by atoms with E-state index in [9.17, 15) is 4.79 Å². The molecule has 1 N–H and O–H groups in total.